The molecule has 118 valence electrons. The van der Waals surface area contributed by atoms with Crippen molar-refractivity contribution < 1.29 is 14.4 Å². The minimum absolute atomic E-state index is 0.365. The first kappa shape index (κ1) is 17.1. The topological polar surface area (TPSA) is 22.9 Å². The van der Waals surface area contributed by atoms with Crippen molar-refractivity contribution in [1.29, 1.82) is 0 Å². The molecule has 1 saturated heterocycles. The summed E-state index contributed by atoms with van der Waals surface area (Å²) in [7, 11) is 0. The van der Waals surface area contributed by atoms with Gasteiger partial charge in [0, 0.05) is 15.7 Å². The molecule has 1 aliphatic rings. The van der Waals surface area contributed by atoms with Crippen molar-refractivity contribution in [2.24, 2.45) is 0 Å². The van der Waals surface area contributed by atoms with E-state index in [-0.39, 0.29) is 0 Å². The first-order valence-corrected chi connectivity index (χ1v) is 8.95. The summed E-state index contributed by atoms with van der Waals surface area (Å²) in [5.41, 5.74) is 0. The Morgan fingerprint density at radius 2 is 1.86 bits per heavy atom. The summed E-state index contributed by atoms with van der Waals surface area (Å²) in [6.07, 6.45) is 0.730. The van der Waals surface area contributed by atoms with Crippen molar-refractivity contribution >= 4 is 23.4 Å². The quantitative estimate of drug-likeness (QED) is 0.612. The Labute approximate surface area is 136 Å². The van der Waals surface area contributed by atoms with Gasteiger partial charge in [-0.05, 0) is 38.1 Å². The van der Waals surface area contributed by atoms with Gasteiger partial charge in [0.2, 0.25) is 0 Å². The van der Waals surface area contributed by atoms with E-state index in [1.165, 1.54) is 4.90 Å². The SMILES string of the molecule is C[C@H]1C[NH+](CCOCCSc2ccc(Cl)cc2)C[C@H](C)O1. The highest BCUT2D eigenvalue weighted by atomic mass is 35.5. The molecular formula is C16H25ClNO2S+. The minimum Gasteiger partial charge on any atom is -0.375 e. The highest BCUT2D eigenvalue weighted by Gasteiger charge is 2.24. The average molecular weight is 331 g/mol. The van der Waals surface area contributed by atoms with Gasteiger partial charge in [-0.25, -0.2) is 0 Å². The van der Waals surface area contributed by atoms with Crippen LogP contribution >= 0.6 is 23.4 Å². The fourth-order valence-corrected chi connectivity index (χ4v) is 3.55. The maximum Gasteiger partial charge on any atom is 0.104 e. The number of ether oxygens (including phenoxy) is 2. The van der Waals surface area contributed by atoms with E-state index in [0.29, 0.717) is 12.2 Å². The molecule has 1 heterocycles. The Bertz CT molecular complexity index is 405. The Morgan fingerprint density at radius 1 is 1.19 bits per heavy atom. The zero-order chi connectivity index (χ0) is 15.1. The van der Waals surface area contributed by atoms with Crippen LogP contribution in [-0.4, -0.2) is 50.8 Å². The van der Waals surface area contributed by atoms with Gasteiger partial charge >= 0.3 is 0 Å². The largest absolute Gasteiger partial charge is 0.375 e. The molecule has 0 amide bonds. The Morgan fingerprint density at radius 3 is 2.52 bits per heavy atom. The maximum absolute atomic E-state index is 5.86. The molecule has 21 heavy (non-hydrogen) atoms. The standard InChI is InChI=1S/C16H24ClNO2S/c1-13-11-18(12-14(2)20-13)7-8-19-9-10-21-16-5-3-15(17)4-6-16/h3-6,13-14H,7-12H2,1-2H3/p+1/t13-,14-/m0/s1. The van der Waals surface area contributed by atoms with Crippen molar-refractivity contribution in [3.63, 3.8) is 0 Å². The Hall–Kier alpha value is -0.260. The fourth-order valence-electron chi connectivity index (χ4n) is 2.66. The summed E-state index contributed by atoms with van der Waals surface area (Å²) in [4.78, 5) is 2.83. The number of benzene rings is 1. The monoisotopic (exact) mass is 330 g/mol. The van der Waals surface area contributed by atoms with Crippen LogP contribution in [-0.2, 0) is 9.47 Å². The highest BCUT2D eigenvalue weighted by molar-refractivity contribution is 7.99. The number of morpholine rings is 1. The van der Waals surface area contributed by atoms with Crippen molar-refractivity contribution in [2.75, 3.05) is 38.6 Å². The number of quaternary nitrogens is 1. The van der Waals surface area contributed by atoms with Crippen LogP contribution in [0.25, 0.3) is 0 Å². The number of rotatable bonds is 7. The summed E-state index contributed by atoms with van der Waals surface area (Å²) in [5.74, 6) is 0.979. The molecule has 0 bridgehead atoms. The molecule has 2 atom stereocenters. The second-order valence-corrected chi connectivity index (χ2v) is 7.19. The molecule has 0 unspecified atom stereocenters. The van der Waals surface area contributed by atoms with Crippen LogP contribution in [0.3, 0.4) is 0 Å². The summed E-state index contributed by atoms with van der Waals surface area (Å²) in [6, 6.07) is 7.95. The third-order valence-corrected chi connectivity index (χ3v) is 4.76. The van der Waals surface area contributed by atoms with Gasteiger partial charge in [-0.2, -0.15) is 0 Å². The number of hydrogen-bond acceptors (Lipinski definition) is 3. The van der Waals surface area contributed by atoms with Crippen molar-refractivity contribution in [3.05, 3.63) is 29.3 Å². The van der Waals surface area contributed by atoms with Crippen LogP contribution in [0, 0.1) is 0 Å². The third-order valence-electron chi connectivity index (χ3n) is 3.53. The smallest absolute Gasteiger partial charge is 0.104 e. The number of nitrogens with one attached hydrogen (secondary N) is 1. The summed E-state index contributed by atoms with van der Waals surface area (Å²) in [6.45, 7) is 9.18. The average Bonchev–Trinajstić information content (AvgIpc) is 2.43. The van der Waals surface area contributed by atoms with Gasteiger partial charge in [0.25, 0.3) is 0 Å². The lowest BCUT2D eigenvalue weighted by Gasteiger charge is -2.32. The first-order chi connectivity index (χ1) is 10.1. The van der Waals surface area contributed by atoms with Crippen molar-refractivity contribution in [2.45, 2.75) is 31.0 Å². The lowest BCUT2D eigenvalue weighted by Crippen LogP contribution is -3.15. The summed E-state index contributed by atoms with van der Waals surface area (Å²) >= 11 is 7.67. The zero-order valence-electron chi connectivity index (χ0n) is 12.8. The molecule has 0 spiro atoms. The van der Waals surface area contributed by atoms with E-state index in [0.717, 1.165) is 43.6 Å². The van der Waals surface area contributed by atoms with E-state index < -0.39 is 0 Å². The van der Waals surface area contributed by atoms with E-state index >= 15 is 0 Å². The molecule has 5 heteroatoms. The van der Waals surface area contributed by atoms with Gasteiger partial charge < -0.3 is 14.4 Å². The third kappa shape index (κ3) is 6.57. The zero-order valence-corrected chi connectivity index (χ0v) is 14.4. The second-order valence-electron chi connectivity index (χ2n) is 5.58. The molecule has 1 N–H and O–H groups in total. The van der Waals surface area contributed by atoms with E-state index in [9.17, 15) is 0 Å². The van der Waals surface area contributed by atoms with Crippen molar-refractivity contribution in [3.8, 4) is 0 Å². The Kier molecular flexibility index (Phi) is 7.34. The van der Waals surface area contributed by atoms with Gasteiger partial charge in [-0.15, -0.1) is 11.8 Å². The molecular weight excluding hydrogens is 306 g/mol. The second kappa shape index (κ2) is 9.01. The van der Waals surface area contributed by atoms with Gasteiger partial charge in [-0.3, -0.25) is 0 Å². The van der Waals surface area contributed by atoms with E-state index in [4.69, 9.17) is 21.1 Å². The molecule has 1 fully saturated rings. The predicted octanol–water partition coefficient (Wildman–Crippen LogP) is 2.14. The van der Waals surface area contributed by atoms with Crippen LogP contribution in [0.1, 0.15) is 13.8 Å². The van der Waals surface area contributed by atoms with Crippen LogP contribution in [0.15, 0.2) is 29.2 Å². The van der Waals surface area contributed by atoms with E-state index in [1.54, 1.807) is 16.7 Å². The lowest BCUT2D eigenvalue weighted by molar-refractivity contribution is -0.915. The van der Waals surface area contributed by atoms with Crippen LogP contribution in [0.2, 0.25) is 5.02 Å². The first-order valence-electron chi connectivity index (χ1n) is 7.58. The minimum atomic E-state index is 0.365. The molecule has 1 aromatic rings. The molecule has 0 radical (unpaired) electrons. The van der Waals surface area contributed by atoms with Gasteiger partial charge in [0.15, 0.2) is 0 Å². The molecule has 0 aromatic heterocycles. The van der Waals surface area contributed by atoms with Crippen LogP contribution in [0.4, 0.5) is 0 Å². The molecule has 0 aliphatic carbocycles. The van der Waals surface area contributed by atoms with Gasteiger partial charge in [0.1, 0.15) is 31.8 Å². The number of hydrogen-bond donors (Lipinski definition) is 1. The van der Waals surface area contributed by atoms with Gasteiger partial charge in [-0.1, -0.05) is 11.6 Å². The highest BCUT2D eigenvalue weighted by Crippen LogP contribution is 2.19. The predicted molar refractivity (Wildman–Crippen MR) is 88.6 cm³/mol. The normalized spacial score (nSPS) is 26.0. The fraction of sp³-hybridized carbons (Fsp3) is 0.625. The van der Waals surface area contributed by atoms with E-state index in [2.05, 4.69) is 13.8 Å². The van der Waals surface area contributed by atoms with Crippen molar-refractivity contribution in [1.82, 2.24) is 0 Å². The molecule has 1 aromatic carbocycles. The Balaban J connectivity index is 1.53. The molecule has 0 saturated carbocycles. The lowest BCUT2D eigenvalue weighted by atomic mass is 10.2. The van der Waals surface area contributed by atoms with E-state index in [1.807, 2.05) is 24.3 Å². The molecule has 2 rings (SSSR count). The van der Waals surface area contributed by atoms with Crippen LogP contribution in [0.5, 0.6) is 0 Å². The summed E-state index contributed by atoms with van der Waals surface area (Å²) in [5, 5.41) is 0.785. The number of thioether (sulfide) groups is 1. The maximum atomic E-state index is 5.86. The van der Waals surface area contributed by atoms with Gasteiger partial charge in [0.05, 0.1) is 13.2 Å². The molecule has 1 aliphatic heterocycles. The van der Waals surface area contributed by atoms with Crippen LogP contribution < -0.4 is 4.90 Å². The number of halogens is 1. The molecule has 3 nitrogen and oxygen atoms in total. The summed E-state index contributed by atoms with van der Waals surface area (Å²) < 4.78 is 11.5.